The largest absolute Gasteiger partial charge is 0.416 e. The number of amides is 2. The summed E-state index contributed by atoms with van der Waals surface area (Å²) in [5.41, 5.74) is -0.813. The van der Waals surface area contributed by atoms with Crippen molar-refractivity contribution in [2.24, 2.45) is 0 Å². The quantitative estimate of drug-likeness (QED) is 0.174. The van der Waals surface area contributed by atoms with Gasteiger partial charge in [-0.1, -0.05) is 72.3 Å². The monoisotopic (exact) mass is 683 g/mol. The summed E-state index contributed by atoms with van der Waals surface area (Å²) in [7, 11) is -4.63. The van der Waals surface area contributed by atoms with Crippen molar-refractivity contribution in [1.29, 1.82) is 0 Å². The van der Waals surface area contributed by atoms with Crippen molar-refractivity contribution in [2.75, 3.05) is 10.8 Å². The molecule has 0 aliphatic rings. The Balaban J connectivity index is 1.87. The van der Waals surface area contributed by atoms with Crippen LogP contribution in [0.4, 0.5) is 23.2 Å². The minimum Gasteiger partial charge on any atom is -0.350 e. The number of alkyl halides is 3. The second kappa shape index (κ2) is 14.6. The van der Waals surface area contributed by atoms with Gasteiger partial charge in [-0.05, 0) is 69.7 Å². The maximum Gasteiger partial charge on any atom is 0.416 e. The molecule has 0 aromatic heterocycles. The van der Waals surface area contributed by atoms with E-state index in [2.05, 4.69) is 5.32 Å². The van der Waals surface area contributed by atoms with Crippen LogP contribution in [0.5, 0.6) is 0 Å². The lowest BCUT2D eigenvalue weighted by Gasteiger charge is -2.35. The molecule has 0 saturated heterocycles. The molecule has 0 heterocycles. The van der Waals surface area contributed by atoms with Gasteiger partial charge in [-0.3, -0.25) is 13.9 Å². The van der Waals surface area contributed by atoms with E-state index in [0.29, 0.717) is 15.9 Å². The Morgan fingerprint density at radius 1 is 0.833 bits per heavy atom. The van der Waals surface area contributed by atoms with Crippen LogP contribution in [0.1, 0.15) is 43.0 Å². The van der Waals surface area contributed by atoms with E-state index in [1.807, 2.05) is 0 Å². The van der Waals surface area contributed by atoms with Crippen LogP contribution in [0.2, 0.25) is 0 Å². The lowest BCUT2D eigenvalue weighted by Crippen LogP contribution is -2.56. The highest BCUT2D eigenvalue weighted by atomic mass is 32.2. The highest BCUT2D eigenvalue weighted by Gasteiger charge is 2.37. The number of sulfonamides is 1. The summed E-state index contributed by atoms with van der Waals surface area (Å²) in [4.78, 5) is 29.2. The van der Waals surface area contributed by atoms with E-state index in [0.717, 1.165) is 28.7 Å². The van der Waals surface area contributed by atoms with Gasteiger partial charge in [0, 0.05) is 24.1 Å². The van der Waals surface area contributed by atoms with E-state index in [1.54, 1.807) is 64.1 Å². The number of nitrogens with zero attached hydrogens (tertiary/aromatic N) is 2. The van der Waals surface area contributed by atoms with E-state index in [4.69, 9.17) is 0 Å². The summed E-state index contributed by atoms with van der Waals surface area (Å²) < 4.78 is 85.2. The number of hydrogen-bond donors (Lipinski definition) is 1. The van der Waals surface area contributed by atoms with Crippen molar-refractivity contribution < 1.29 is 35.6 Å². The molecule has 12 heteroatoms. The minimum atomic E-state index is -4.80. The number of benzene rings is 4. The van der Waals surface area contributed by atoms with Crippen LogP contribution < -0.4 is 9.62 Å². The van der Waals surface area contributed by atoms with Crippen molar-refractivity contribution in [2.45, 2.75) is 63.3 Å². The number of aryl methyl sites for hydroxylation is 1. The third-order valence-corrected chi connectivity index (χ3v) is 9.21. The first-order chi connectivity index (χ1) is 22.5. The molecule has 0 aliphatic heterocycles. The van der Waals surface area contributed by atoms with Gasteiger partial charge in [0.05, 0.1) is 16.1 Å². The summed E-state index contributed by atoms with van der Waals surface area (Å²) >= 11 is 0. The fourth-order valence-electron chi connectivity index (χ4n) is 5.02. The third-order valence-electron chi connectivity index (χ3n) is 7.42. The Hall–Kier alpha value is -4.71. The molecular weight excluding hydrogens is 646 g/mol. The number of hydrogen-bond acceptors (Lipinski definition) is 4. The van der Waals surface area contributed by atoms with Gasteiger partial charge < -0.3 is 10.2 Å². The van der Waals surface area contributed by atoms with Crippen molar-refractivity contribution >= 4 is 27.5 Å². The smallest absolute Gasteiger partial charge is 0.350 e. The van der Waals surface area contributed by atoms with Crippen molar-refractivity contribution in [3.8, 4) is 0 Å². The first-order valence-electron chi connectivity index (χ1n) is 15.1. The Bertz CT molecular complexity index is 1840. The van der Waals surface area contributed by atoms with Gasteiger partial charge in [-0.2, -0.15) is 13.2 Å². The molecular formula is C36H37F4N3O4S. The predicted molar refractivity (Wildman–Crippen MR) is 176 cm³/mol. The zero-order valence-corrected chi connectivity index (χ0v) is 27.8. The van der Waals surface area contributed by atoms with E-state index in [9.17, 15) is 31.2 Å². The number of rotatable bonds is 11. The van der Waals surface area contributed by atoms with Crippen LogP contribution in [-0.2, 0) is 38.8 Å². The Morgan fingerprint density at radius 2 is 1.46 bits per heavy atom. The fourth-order valence-corrected chi connectivity index (χ4v) is 6.43. The topological polar surface area (TPSA) is 86.8 Å². The number of carbonyl (C=O) groups excluding carboxylic acids is 2. The van der Waals surface area contributed by atoms with E-state index >= 15 is 4.39 Å². The zero-order chi connectivity index (χ0) is 35.3. The first kappa shape index (κ1) is 36.1. The Labute approximate surface area is 278 Å². The number of nitrogens with one attached hydrogen (secondary N) is 1. The van der Waals surface area contributed by atoms with E-state index in [-0.39, 0.29) is 16.9 Å². The SMILES string of the molecule is Cc1ccc(S(=O)(=O)N(CC(=O)N(Cc2ccccc2F)C(Cc2ccccc2)C(=O)NC(C)(C)C)c2cccc(C(F)(F)F)c2)cc1. The van der Waals surface area contributed by atoms with Crippen LogP contribution in [0.3, 0.4) is 0 Å². The van der Waals surface area contributed by atoms with Crippen LogP contribution in [-0.4, -0.2) is 43.3 Å². The van der Waals surface area contributed by atoms with Crippen molar-refractivity contribution in [3.63, 3.8) is 0 Å². The highest BCUT2D eigenvalue weighted by Crippen LogP contribution is 2.33. The van der Waals surface area contributed by atoms with Gasteiger partial charge in [0.2, 0.25) is 11.8 Å². The molecule has 4 aromatic carbocycles. The molecule has 2 amide bonds. The molecule has 0 radical (unpaired) electrons. The molecule has 4 aromatic rings. The fraction of sp³-hybridized carbons (Fsp3) is 0.278. The second-order valence-electron chi connectivity index (χ2n) is 12.4. The Morgan fingerprint density at radius 3 is 2.06 bits per heavy atom. The first-order valence-corrected chi connectivity index (χ1v) is 16.6. The van der Waals surface area contributed by atoms with Gasteiger partial charge >= 0.3 is 6.18 Å². The van der Waals surface area contributed by atoms with Crippen molar-refractivity contribution in [3.05, 3.63) is 131 Å². The maximum absolute atomic E-state index is 15.1. The van der Waals surface area contributed by atoms with E-state index < -0.39 is 69.8 Å². The van der Waals surface area contributed by atoms with Crippen LogP contribution in [0, 0.1) is 12.7 Å². The maximum atomic E-state index is 15.1. The zero-order valence-electron chi connectivity index (χ0n) is 27.0. The summed E-state index contributed by atoms with van der Waals surface area (Å²) in [6.45, 7) is 5.56. The molecule has 1 N–H and O–H groups in total. The third kappa shape index (κ3) is 9.21. The minimum absolute atomic E-state index is 0.0166. The Kier molecular flexibility index (Phi) is 11.0. The molecule has 48 heavy (non-hydrogen) atoms. The average molecular weight is 684 g/mol. The molecule has 4 rings (SSSR count). The van der Waals surface area contributed by atoms with Gasteiger partial charge in [0.1, 0.15) is 18.4 Å². The van der Waals surface area contributed by atoms with Crippen molar-refractivity contribution in [1.82, 2.24) is 10.2 Å². The summed E-state index contributed by atoms with van der Waals surface area (Å²) in [5.74, 6) is -2.17. The lowest BCUT2D eigenvalue weighted by molar-refractivity contribution is -0.140. The van der Waals surface area contributed by atoms with Crippen LogP contribution >= 0.6 is 0 Å². The van der Waals surface area contributed by atoms with Gasteiger partial charge in [-0.25, -0.2) is 12.8 Å². The molecule has 7 nitrogen and oxygen atoms in total. The highest BCUT2D eigenvalue weighted by molar-refractivity contribution is 7.92. The number of halogens is 4. The standard InChI is InChI=1S/C36H37F4N3O4S/c1-25-17-19-30(20-18-25)48(46,47)43(29-15-10-14-28(22-29)36(38,39)40)24-33(44)42(23-27-13-8-9-16-31(27)37)32(34(45)41-35(2,3)4)21-26-11-6-5-7-12-26/h5-20,22,32H,21,23-24H2,1-4H3,(H,41,45). The summed E-state index contributed by atoms with van der Waals surface area (Å²) in [5, 5.41) is 2.86. The molecule has 1 unspecified atom stereocenters. The summed E-state index contributed by atoms with van der Waals surface area (Å²) in [6.07, 6.45) is -4.82. The average Bonchev–Trinajstić information content (AvgIpc) is 3.01. The summed E-state index contributed by atoms with van der Waals surface area (Å²) in [6, 6.07) is 22.4. The number of carbonyl (C=O) groups is 2. The van der Waals surface area contributed by atoms with Gasteiger partial charge in [-0.15, -0.1) is 0 Å². The van der Waals surface area contributed by atoms with Gasteiger partial charge in [0.15, 0.2) is 0 Å². The molecule has 0 aliphatic carbocycles. The normalized spacial score (nSPS) is 12.7. The molecule has 254 valence electrons. The van der Waals surface area contributed by atoms with E-state index in [1.165, 1.54) is 42.5 Å². The molecule has 0 fully saturated rings. The second-order valence-corrected chi connectivity index (χ2v) is 14.3. The predicted octanol–water partition coefficient (Wildman–Crippen LogP) is 6.90. The van der Waals surface area contributed by atoms with Gasteiger partial charge in [0.25, 0.3) is 10.0 Å². The molecule has 1 atom stereocenters. The van der Waals surface area contributed by atoms with Crippen LogP contribution in [0.25, 0.3) is 0 Å². The lowest BCUT2D eigenvalue weighted by atomic mass is 10.0. The molecule has 0 bridgehead atoms. The molecule has 0 saturated carbocycles. The van der Waals surface area contributed by atoms with Crippen LogP contribution in [0.15, 0.2) is 108 Å². The number of anilines is 1. The molecule has 0 spiro atoms.